The molecule has 0 spiro atoms. The molecule has 1 aliphatic rings. The normalized spacial score (nSPS) is 13.5. The summed E-state index contributed by atoms with van der Waals surface area (Å²) in [4.78, 5) is 66.4. The average molecular weight is 593 g/mol. The molecule has 41 heavy (non-hydrogen) atoms. The Balaban J connectivity index is 1.66. The molecule has 2 rings (SSSR count). The maximum Gasteiger partial charge on any atom is 0.407 e. The number of hydrogen-bond donors (Lipinski definition) is 4. The fourth-order valence-corrected chi connectivity index (χ4v) is 4.62. The van der Waals surface area contributed by atoms with E-state index in [-0.39, 0.29) is 29.0 Å². The van der Waals surface area contributed by atoms with Gasteiger partial charge in [-0.25, -0.2) is 14.6 Å². The molecule has 1 aromatic heterocycles. The first kappa shape index (κ1) is 33.3. The Bertz CT molecular complexity index is 1140. The minimum absolute atomic E-state index is 0.0104. The van der Waals surface area contributed by atoms with E-state index in [9.17, 15) is 24.0 Å². The van der Waals surface area contributed by atoms with Crippen molar-refractivity contribution in [1.29, 1.82) is 0 Å². The number of aromatic nitrogens is 1. The number of rotatable bonds is 13. The highest BCUT2D eigenvalue weighted by atomic mass is 32.1. The van der Waals surface area contributed by atoms with Gasteiger partial charge in [0.05, 0.1) is 12.8 Å². The van der Waals surface area contributed by atoms with Crippen LogP contribution in [0.5, 0.6) is 0 Å². The van der Waals surface area contributed by atoms with Crippen molar-refractivity contribution in [3.8, 4) is 0 Å². The molecule has 1 saturated heterocycles. The number of piperidine rings is 1. The quantitative estimate of drug-likeness (QED) is 0.153. The molecule has 0 aromatic carbocycles. The van der Waals surface area contributed by atoms with E-state index in [4.69, 9.17) is 4.74 Å². The molecule has 13 nitrogen and oxygen atoms in total. The number of nitrogens with zero attached hydrogens (tertiary/aromatic N) is 2. The van der Waals surface area contributed by atoms with Gasteiger partial charge >= 0.3 is 12.1 Å². The van der Waals surface area contributed by atoms with Crippen molar-refractivity contribution in [2.75, 3.05) is 31.6 Å². The van der Waals surface area contributed by atoms with E-state index in [2.05, 4.69) is 44.1 Å². The number of anilines is 1. The molecule has 1 aromatic rings. The van der Waals surface area contributed by atoms with Crippen molar-refractivity contribution >= 4 is 46.3 Å². The van der Waals surface area contributed by atoms with Crippen molar-refractivity contribution < 1.29 is 33.4 Å². The number of carbonyl (C=O) groups is 5. The van der Waals surface area contributed by atoms with Crippen molar-refractivity contribution in [1.82, 2.24) is 26.3 Å². The van der Waals surface area contributed by atoms with Gasteiger partial charge in [0, 0.05) is 37.5 Å². The Morgan fingerprint density at radius 1 is 1.05 bits per heavy atom. The Morgan fingerprint density at radius 3 is 2.37 bits per heavy atom. The molecule has 4 amide bonds. The first-order valence-electron chi connectivity index (χ1n) is 13.3. The summed E-state index contributed by atoms with van der Waals surface area (Å²) in [5.74, 6) is -2.22. The van der Waals surface area contributed by atoms with Gasteiger partial charge in [-0.1, -0.05) is 19.6 Å². The van der Waals surface area contributed by atoms with E-state index in [1.54, 1.807) is 5.38 Å². The Labute approximate surface area is 244 Å². The van der Waals surface area contributed by atoms with Crippen molar-refractivity contribution in [2.45, 2.75) is 70.9 Å². The van der Waals surface area contributed by atoms with Gasteiger partial charge in [-0.2, -0.15) is 0 Å². The van der Waals surface area contributed by atoms with Gasteiger partial charge in [0.15, 0.2) is 5.13 Å². The second-order valence-corrected chi connectivity index (χ2v) is 11.3. The fourth-order valence-electron chi connectivity index (χ4n) is 3.77. The van der Waals surface area contributed by atoms with Gasteiger partial charge in [0.2, 0.25) is 5.91 Å². The lowest BCUT2D eigenvalue weighted by molar-refractivity contribution is -0.137. The third-order valence-electron chi connectivity index (χ3n) is 5.84. The van der Waals surface area contributed by atoms with Gasteiger partial charge in [-0.05, 0) is 46.5 Å². The molecule has 1 fully saturated rings. The van der Waals surface area contributed by atoms with E-state index in [1.165, 1.54) is 11.3 Å². The lowest BCUT2D eigenvalue weighted by Crippen LogP contribution is -2.44. The lowest BCUT2D eigenvalue weighted by atomic mass is 10.0. The Kier molecular flexibility index (Phi) is 12.8. The first-order chi connectivity index (χ1) is 19.3. The Morgan fingerprint density at radius 2 is 1.73 bits per heavy atom. The highest BCUT2D eigenvalue weighted by Crippen LogP contribution is 2.24. The molecule has 2 heterocycles. The fraction of sp³-hybridized carbons (Fsp3) is 0.556. The van der Waals surface area contributed by atoms with Crippen LogP contribution >= 0.6 is 11.3 Å². The molecule has 226 valence electrons. The molecule has 0 aliphatic carbocycles. The molecule has 1 aliphatic heterocycles. The van der Waals surface area contributed by atoms with E-state index in [1.807, 2.05) is 25.7 Å². The molecule has 0 atom stereocenters. The Hall–Kier alpha value is -3.94. The average Bonchev–Trinajstić information content (AvgIpc) is 3.40. The summed E-state index contributed by atoms with van der Waals surface area (Å²) >= 11 is 1.30. The maximum absolute atomic E-state index is 12.5. The molecular formula is C27H40N6O7S. The number of alkyl carbamates (subject to hydrolysis) is 1. The second-order valence-electron chi connectivity index (χ2n) is 10.4. The van der Waals surface area contributed by atoms with Crippen molar-refractivity contribution in [2.24, 2.45) is 0 Å². The van der Waals surface area contributed by atoms with Crippen LogP contribution in [0.1, 0.15) is 69.8 Å². The molecule has 14 heteroatoms. The number of hydrogen-bond acceptors (Lipinski definition) is 10. The first-order valence-corrected chi connectivity index (χ1v) is 14.2. The number of esters is 1. The molecule has 0 unspecified atom stereocenters. The van der Waals surface area contributed by atoms with E-state index in [0.29, 0.717) is 31.2 Å². The topological polar surface area (TPSA) is 168 Å². The zero-order valence-electron chi connectivity index (χ0n) is 24.1. The number of thiazole rings is 1. The zero-order chi connectivity index (χ0) is 30.6. The van der Waals surface area contributed by atoms with E-state index in [0.717, 1.165) is 39.2 Å². The minimum Gasteiger partial charge on any atom is -0.464 e. The monoisotopic (exact) mass is 592 g/mol. The predicted molar refractivity (Wildman–Crippen MR) is 154 cm³/mol. The van der Waals surface area contributed by atoms with Gasteiger partial charge in [-0.3, -0.25) is 14.4 Å². The smallest absolute Gasteiger partial charge is 0.407 e. The van der Waals surface area contributed by atoms with E-state index >= 15 is 0 Å². The number of amides is 4. The SMILES string of the molecule is C=C(NC(=O)c1csc(N2CCC(NC(=O)CCCCCNC(=O)OC(C)(C)C)CC2)n1)C(=O)NC(=C)C(=O)OC. The van der Waals surface area contributed by atoms with Crippen LogP contribution in [0.4, 0.5) is 9.93 Å². The summed E-state index contributed by atoms with van der Waals surface area (Å²) < 4.78 is 9.64. The van der Waals surface area contributed by atoms with Crippen molar-refractivity contribution in [3.63, 3.8) is 0 Å². The maximum atomic E-state index is 12.5. The number of unbranched alkanes of at least 4 members (excludes halogenated alkanes) is 2. The van der Waals surface area contributed by atoms with Gasteiger partial charge in [0.1, 0.15) is 17.0 Å². The third kappa shape index (κ3) is 12.0. The minimum atomic E-state index is -0.813. The molecule has 0 bridgehead atoms. The van der Waals surface area contributed by atoms with Crippen LogP contribution in [0.25, 0.3) is 0 Å². The summed E-state index contributed by atoms with van der Waals surface area (Å²) in [6, 6.07) is 0.0666. The highest BCUT2D eigenvalue weighted by Gasteiger charge is 2.24. The van der Waals surface area contributed by atoms with Crippen molar-refractivity contribution in [3.05, 3.63) is 35.6 Å². The number of ether oxygens (including phenoxy) is 2. The number of nitrogens with one attached hydrogen (secondary N) is 4. The summed E-state index contributed by atoms with van der Waals surface area (Å²) in [5.41, 5.74) is -0.958. The van der Waals surface area contributed by atoms with Crippen LogP contribution in [0.3, 0.4) is 0 Å². The molecular weight excluding hydrogens is 552 g/mol. The van der Waals surface area contributed by atoms with Crippen LogP contribution in [-0.2, 0) is 23.9 Å². The molecule has 0 radical (unpaired) electrons. The van der Waals surface area contributed by atoms with E-state index < -0.39 is 29.5 Å². The van der Waals surface area contributed by atoms with Crippen LogP contribution in [0.15, 0.2) is 29.9 Å². The summed E-state index contributed by atoms with van der Waals surface area (Å²) in [5, 5.41) is 12.6. The predicted octanol–water partition coefficient (Wildman–Crippen LogP) is 2.36. The van der Waals surface area contributed by atoms with Gasteiger partial charge in [0.25, 0.3) is 11.8 Å². The summed E-state index contributed by atoms with van der Waals surface area (Å²) in [7, 11) is 1.15. The summed E-state index contributed by atoms with van der Waals surface area (Å²) in [6.07, 6.45) is 3.81. The van der Waals surface area contributed by atoms with Crippen LogP contribution in [0, 0.1) is 0 Å². The summed E-state index contributed by atoms with van der Waals surface area (Å²) in [6.45, 7) is 14.2. The number of carbonyl (C=O) groups excluding carboxylic acids is 5. The van der Waals surface area contributed by atoms with Crippen LogP contribution < -0.4 is 26.2 Å². The van der Waals surface area contributed by atoms with Crippen LogP contribution in [0.2, 0.25) is 0 Å². The van der Waals surface area contributed by atoms with Gasteiger partial charge < -0.3 is 35.6 Å². The molecule has 0 saturated carbocycles. The highest BCUT2D eigenvalue weighted by molar-refractivity contribution is 7.13. The molecule has 4 N–H and O–H groups in total. The number of methoxy groups -OCH3 is 1. The zero-order valence-corrected chi connectivity index (χ0v) is 24.9. The lowest BCUT2D eigenvalue weighted by Gasteiger charge is -2.32. The van der Waals surface area contributed by atoms with Gasteiger partial charge in [-0.15, -0.1) is 11.3 Å². The van der Waals surface area contributed by atoms with Crippen LogP contribution in [-0.4, -0.2) is 73.2 Å². The largest absolute Gasteiger partial charge is 0.464 e. The standard InChI is InChI=1S/C27H40N6O7S/c1-17(22(35)30-18(2)24(37)39-6)29-23(36)20-16-41-25(32-20)33-14-11-19(12-15-33)31-21(34)10-8-7-9-13-28-26(38)40-27(3,4)5/h16,19H,1-2,7-15H2,3-6H3,(H,28,38)(H,29,36)(H,30,35)(H,31,34). The second kappa shape index (κ2) is 15.7. The third-order valence-corrected chi connectivity index (χ3v) is 6.74.